The average Bonchev–Trinajstić information content (AvgIpc) is 3.39. The molecule has 6 rings (SSSR count). The fraction of sp³-hybridized carbons (Fsp3) is 0.356. The zero-order valence-corrected chi connectivity index (χ0v) is 43.7. The van der Waals surface area contributed by atoms with Crippen LogP contribution in [-0.2, 0) is 9.47 Å². The fourth-order valence-electron chi connectivity index (χ4n) is 7.80. The summed E-state index contributed by atoms with van der Waals surface area (Å²) in [6, 6.07) is 33.9. The molecule has 388 valence electrons. The van der Waals surface area contributed by atoms with Gasteiger partial charge in [0.2, 0.25) is 17.8 Å². The quantitative estimate of drug-likeness (QED) is 0.0254. The van der Waals surface area contributed by atoms with Crippen molar-refractivity contribution in [1.82, 2.24) is 15.0 Å². The van der Waals surface area contributed by atoms with Crippen LogP contribution in [0.15, 0.2) is 121 Å². The molecule has 1 aromatic heterocycles. The second kappa shape index (κ2) is 27.2. The van der Waals surface area contributed by atoms with E-state index in [4.69, 9.17) is 9.47 Å². The van der Waals surface area contributed by atoms with E-state index in [-0.39, 0.29) is 52.8 Å². The second-order valence-electron chi connectivity index (χ2n) is 19.7. The number of rotatable bonds is 26. The first kappa shape index (κ1) is 55.4. The predicted molar refractivity (Wildman–Crippen MR) is 293 cm³/mol. The summed E-state index contributed by atoms with van der Waals surface area (Å²) < 4.78 is 11.2. The van der Waals surface area contributed by atoms with Gasteiger partial charge in [0.1, 0.15) is 0 Å². The van der Waals surface area contributed by atoms with Crippen LogP contribution in [0.3, 0.4) is 0 Å². The number of benzene rings is 5. The minimum absolute atomic E-state index is 0.0475. The van der Waals surface area contributed by atoms with Gasteiger partial charge in [0.15, 0.2) is 5.78 Å². The van der Waals surface area contributed by atoms with Crippen LogP contribution in [0.25, 0.3) is 0 Å². The molecule has 0 aliphatic heterocycles. The number of aromatic nitrogens is 3. The lowest BCUT2D eigenvalue weighted by Crippen LogP contribution is -2.14. The molecule has 0 radical (unpaired) electrons. The first-order valence-electron chi connectivity index (χ1n) is 25.7. The topological polar surface area (TPSA) is 203 Å². The monoisotopic (exact) mass is 1000 g/mol. The van der Waals surface area contributed by atoms with Crippen LogP contribution in [0.1, 0.15) is 158 Å². The highest BCUT2D eigenvalue weighted by Crippen LogP contribution is 2.26. The van der Waals surface area contributed by atoms with Gasteiger partial charge in [-0.1, -0.05) is 87.0 Å². The number of amides is 2. The molecule has 0 bridgehead atoms. The molecule has 15 nitrogen and oxygen atoms in total. The van der Waals surface area contributed by atoms with Gasteiger partial charge in [-0.25, -0.2) is 9.59 Å². The van der Waals surface area contributed by atoms with E-state index in [2.05, 4.69) is 69.2 Å². The maximum absolute atomic E-state index is 13.3. The minimum Gasteiger partial charge on any atom is -0.462 e. The van der Waals surface area contributed by atoms with Crippen LogP contribution in [-0.4, -0.2) is 57.7 Å². The number of ether oxygens (including phenoxy) is 2. The number of ketones is 1. The first-order chi connectivity index (χ1) is 35.6. The number of carbonyl (C=O) groups excluding carboxylic acids is 5. The standard InChI is InChI=1S/C59H70N8O7/c1-8-12-14-39(10-3)37-73-54(71)44-22-32-46(33-23-44)60-52(69)42-18-28-49(29-19-42)63-57-65-56(62-48-26-16-41(17-27-48)51(68)36-59(5,6)7)66-58(67-57)64-50-30-20-43(21-31-50)53(70)61-47-34-24-45(25-35-47)55(72)74-38-40(11-4)15-13-9-2/h16-35,39-40H,8-15,36-38H2,1-7H3,(H,60,69)(H,61,70)(H3,62,63,64,65,66,67). The summed E-state index contributed by atoms with van der Waals surface area (Å²) in [4.78, 5) is 78.7. The van der Waals surface area contributed by atoms with E-state index in [1.54, 1.807) is 121 Å². The van der Waals surface area contributed by atoms with Crippen molar-refractivity contribution in [3.05, 3.63) is 149 Å². The van der Waals surface area contributed by atoms with E-state index >= 15 is 0 Å². The number of carbonyl (C=O) groups is 5. The van der Waals surface area contributed by atoms with Crippen LogP contribution in [0.4, 0.5) is 46.3 Å². The summed E-state index contributed by atoms with van der Waals surface area (Å²) in [5.74, 6) is -0.191. The molecule has 5 N–H and O–H groups in total. The summed E-state index contributed by atoms with van der Waals surface area (Å²) in [5, 5.41) is 15.4. The zero-order chi connectivity index (χ0) is 53.0. The lowest BCUT2D eigenvalue weighted by atomic mass is 9.88. The number of unbranched alkanes of at least 4 members (excludes halogenated alkanes) is 2. The Morgan fingerprint density at radius 3 is 1.07 bits per heavy atom. The highest BCUT2D eigenvalue weighted by Gasteiger charge is 2.19. The number of nitrogens with zero attached hydrogens (tertiary/aromatic N) is 3. The molecule has 1 heterocycles. The summed E-state index contributed by atoms with van der Waals surface area (Å²) in [6.45, 7) is 15.3. The predicted octanol–water partition coefficient (Wildman–Crippen LogP) is 14.0. The lowest BCUT2D eigenvalue weighted by Gasteiger charge is -2.16. The van der Waals surface area contributed by atoms with Crippen LogP contribution in [0.2, 0.25) is 0 Å². The molecule has 0 saturated heterocycles. The molecule has 74 heavy (non-hydrogen) atoms. The number of nitrogens with one attached hydrogen (secondary N) is 5. The number of anilines is 8. The minimum atomic E-state index is -0.390. The molecular formula is C59H70N8O7. The Balaban J connectivity index is 1.11. The maximum Gasteiger partial charge on any atom is 0.338 e. The molecule has 0 saturated carbocycles. The lowest BCUT2D eigenvalue weighted by molar-refractivity contribution is 0.0419. The van der Waals surface area contributed by atoms with E-state index in [1.165, 1.54) is 0 Å². The Labute approximate surface area is 435 Å². The molecular weight excluding hydrogens is 933 g/mol. The van der Waals surface area contributed by atoms with Gasteiger partial charge >= 0.3 is 11.9 Å². The first-order valence-corrected chi connectivity index (χ1v) is 25.7. The molecule has 15 heteroatoms. The van der Waals surface area contributed by atoms with Gasteiger partial charge in [-0.2, -0.15) is 15.0 Å². The molecule has 5 aromatic carbocycles. The highest BCUT2D eigenvalue weighted by molar-refractivity contribution is 6.05. The van der Waals surface area contributed by atoms with Gasteiger partial charge in [0.05, 0.1) is 24.3 Å². The smallest absolute Gasteiger partial charge is 0.338 e. The summed E-state index contributed by atoms with van der Waals surface area (Å²) in [7, 11) is 0. The molecule has 2 unspecified atom stereocenters. The van der Waals surface area contributed by atoms with Crippen molar-refractivity contribution in [2.45, 2.75) is 106 Å². The Bertz CT molecular complexity index is 2640. The average molecular weight is 1000 g/mol. The number of hydrogen-bond donors (Lipinski definition) is 5. The Morgan fingerprint density at radius 2 is 0.757 bits per heavy atom. The van der Waals surface area contributed by atoms with Crippen molar-refractivity contribution in [1.29, 1.82) is 0 Å². The van der Waals surface area contributed by atoms with Crippen LogP contribution in [0, 0.1) is 17.3 Å². The molecule has 2 atom stereocenters. The van der Waals surface area contributed by atoms with E-state index in [9.17, 15) is 24.0 Å². The number of hydrogen-bond acceptors (Lipinski definition) is 13. The van der Waals surface area contributed by atoms with Crippen molar-refractivity contribution in [2.24, 2.45) is 17.3 Å². The van der Waals surface area contributed by atoms with E-state index in [0.717, 1.165) is 51.4 Å². The largest absolute Gasteiger partial charge is 0.462 e. The molecule has 0 spiro atoms. The van der Waals surface area contributed by atoms with Gasteiger partial charge in [-0.15, -0.1) is 0 Å². The van der Waals surface area contributed by atoms with Crippen molar-refractivity contribution < 1.29 is 33.4 Å². The third-order valence-corrected chi connectivity index (χ3v) is 12.3. The summed E-state index contributed by atoms with van der Waals surface area (Å²) in [6.07, 6.45) is 8.77. The Hall–Kier alpha value is -7.94. The van der Waals surface area contributed by atoms with Gasteiger partial charge in [-0.05, 0) is 151 Å². The normalized spacial score (nSPS) is 11.9. The maximum atomic E-state index is 13.3. The highest BCUT2D eigenvalue weighted by atomic mass is 16.5. The number of Topliss-reactive ketones (excluding diaryl/α,β-unsaturated/α-hetero) is 1. The third-order valence-electron chi connectivity index (χ3n) is 12.3. The van der Waals surface area contributed by atoms with E-state index in [1.807, 2.05) is 20.8 Å². The van der Waals surface area contributed by atoms with Crippen LogP contribution < -0.4 is 26.6 Å². The zero-order valence-electron chi connectivity index (χ0n) is 43.7. The van der Waals surface area contributed by atoms with Gasteiger partial charge in [-0.3, -0.25) is 14.4 Å². The fourth-order valence-corrected chi connectivity index (χ4v) is 7.80. The van der Waals surface area contributed by atoms with E-state index < -0.39 is 0 Å². The molecule has 2 amide bonds. The second-order valence-corrected chi connectivity index (χ2v) is 19.7. The van der Waals surface area contributed by atoms with Gasteiger partial charge < -0.3 is 36.1 Å². The Kier molecular flexibility index (Phi) is 20.4. The van der Waals surface area contributed by atoms with Crippen molar-refractivity contribution in [2.75, 3.05) is 39.8 Å². The van der Waals surface area contributed by atoms with Crippen molar-refractivity contribution in [3.63, 3.8) is 0 Å². The molecule has 0 aliphatic carbocycles. The van der Waals surface area contributed by atoms with Crippen molar-refractivity contribution in [3.8, 4) is 0 Å². The van der Waals surface area contributed by atoms with Crippen molar-refractivity contribution >= 4 is 75.8 Å². The van der Waals surface area contributed by atoms with Gasteiger partial charge in [0, 0.05) is 51.5 Å². The van der Waals surface area contributed by atoms with Gasteiger partial charge in [0.25, 0.3) is 11.8 Å². The molecule has 0 aliphatic rings. The number of esters is 2. The molecule has 0 fully saturated rings. The summed E-state index contributed by atoms with van der Waals surface area (Å²) >= 11 is 0. The van der Waals surface area contributed by atoms with Crippen LogP contribution >= 0.6 is 0 Å². The molecule has 6 aromatic rings. The van der Waals surface area contributed by atoms with E-state index in [0.29, 0.717) is 87.7 Å². The Morgan fingerprint density at radius 1 is 0.446 bits per heavy atom. The SMILES string of the molecule is CCCCC(CC)COC(=O)c1ccc(NC(=O)c2ccc(Nc3nc(Nc4ccc(C(=O)CC(C)(C)C)cc4)nc(Nc4ccc(C(=O)Nc5ccc(C(=O)OCC(CC)CCCC)cc5)cc4)n3)cc2)cc1. The summed E-state index contributed by atoms with van der Waals surface area (Å²) in [5.41, 5.74) is 4.93. The van der Waals surface area contributed by atoms with Crippen LogP contribution in [0.5, 0.6) is 0 Å². The third kappa shape index (κ3) is 17.4.